The van der Waals surface area contributed by atoms with E-state index in [0.29, 0.717) is 18.8 Å². The summed E-state index contributed by atoms with van der Waals surface area (Å²) in [7, 11) is 3.41. The molecule has 4 rings (SSSR count). The smallest absolute Gasteiger partial charge is 0.244 e. The first kappa shape index (κ1) is 23.8. The van der Waals surface area contributed by atoms with Crippen molar-refractivity contribution in [1.82, 2.24) is 29.8 Å². The van der Waals surface area contributed by atoms with Crippen LogP contribution >= 0.6 is 0 Å². The number of nitrogens with zero attached hydrogens (tertiary/aromatic N) is 5. The Kier molecular flexibility index (Phi) is 6.92. The van der Waals surface area contributed by atoms with Gasteiger partial charge < -0.3 is 25.3 Å². The Labute approximate surface area is 198 Å². The third kappa shape index (κ3) is 4.65. The van der Waals surface area contributed by atoms with E-state index in [1.807, 2.05) is 26.2 Å². The zero-order valence-electron chi connectivity index (χ0n) is 20.1. The van der Waals surface area contributed by atoms with Gasteiger partial charge in [0.2, 0.25) is 17.7 Å². The van der Waals surface area contributed by atoms with Crippen LogP contribution in [0.4, 0.5) is 10.3 Å². The molecule has 184 valence electrons. The van der Waals surface area contributed by atoms with E-state index >= 15 is 0 Å². The van der Waals surface area contributed by atoms with E-state index in [1.165, 1.54) is 11.8 Å². The number of ether oxygens (including phenoxy) is 1. The lowest BCUT2D eigenvalue weighted by Gasteiger charge is -2.34. The minimum absolute atomic E-state index is 0.0653. The number of rotatable bonds is 7. The van der Waals surface area contributed by atoms with Gasteiger partial charge in [0.25, 0.3) is 0 Å². The first-order valence-corrected chi connectivity index (χ1v) is 11.6. The Morgan fingerprint density at radius 3 is 2.85 bits per heavy atom. The van der Waals surface area contributed by atoms with Gasteiger partial charge in [0, 0.05) is 38.8 Å². The molecule has 1 aliphatic carbocycles. The summed E-state index contributed by atoms with van der Waals surface area (Å²) in [5.41, 5.74) is 4.92. The van der Waals surface area contributed by atoms with Gasteiger partial charge in [0.15, 0.2) is 0 Å². The predicted molar refractivity (Wildman–Crippen MR) is 129 cm³/mol. The molecule has 0 spiro atoms. The Bertz CT molecular complexity index is 1130. The van der Waals surface area contributed by atoms with E-state index in [9.17, 15) is 9.18 Å². The molecule has 1 amide bonds. The number of allylic oxidation sites excluding steroid dienone is 3. The fraction of sp³-hybridized carbons (Fsp3) is 0.522. The van der Waals surface area contributed by atoms with Crippen molar-refractivity contribution < 1.29 is 13.9 Å². The lowest BCUT2D eigenvalue weighted by atomic mass is 9.94. The van der Waals surface area contributed by atoms with Crippen molar-refractivity contribution in [2.75, 3.05) is 39.1 Å². The average Bonchev–Trinajstić information content (AvgIpc) is 3.24. The summed E-state index contributed by atoms with van der Waals surface area (Å²) < 4.78 is 22.0. The summed E-state index contributed by atoms with van der Waals surface area (Å²) in [6.45, 7) is 4.86. The molecule has 2 aliphatic rings. The average molecular weight is 473 g/mol. The van der Waals surface area contributed by atoms with Gasteiger partial charge in [-0.05, 0) is 43.9 Å². The highest BCUT2D eigenvalue weighted by atomic mass is 19.1. The number of nitrogens with one attached hydrogen (secondary N) is 2. The van der Waals surface area contributed by atoms with Gasteiger partial charge in [-0.15, -0.1) is 5.10 Å². The van der Waals surface area contributed by atoms with Gasteiger partial charge in [-0.2, -0.15) is 4.98 Å². The van der Waals surface area contributed by atoms with Crippen LogP contribution in [0, 0.1) is 0 Å². The summed E-state index contributed by atoms with van der Waals surface area (Å²) >= 11 is 0. The summed E-state index contributed by atoms with van der Waals surface area (Å²) in [6, 6.07) is 1.51. The molecular weight excluding hydrogens is 439 g/mol. The van der Waals surface area contributed by atoms with Crippen LogP contribution in [0.15, 0.2) is 29.7 Å². The largest absolute Gasteiger partial charge is 0.479 e. The Hall–Kier alpha value is -3.34. The second-order valence-corrected chi connectivity index (χ2v) is 8.66. The third-order valence-electron chi connectivity index (χ3n) is 6.37. The monoisotopic (exact) mass is 472 g/mol. The Morgan fingerprint density at radius 2 is 2.21 bits per heavy atom. The number of likely N-dealkylation sites (tertiary alicyclic amines) is 1. The van der Waals surface area contributed by atoms with E-state index in [2.05, 4.69) is 26.8 Å². The van der Waals surface area contributed by atoms with E-state index in [1.54, 1.807) is 16.6 Å². The van der Waals surface area contributed by atoms with Crippen LogP contribution in [0.25, 0.3) is 11.1 Å². The summed E-state index contributed by atoms with van der Waals surface area (Å²) in [5, 5.41) is 12.7. The minimum Gasteiger partial charge on any atom is -0.479 e. The fourth-order valence-electron chi connectivity index (χ4n) is 4.61. The number of alkyl halides is 1. The van der Waals surface area contributed by atoms with Crippen molar-refractivity contribution in [2.45, 2.75) is 45.3 Å². The molecule has 11 heteroatoms. The van der Waals surface area contributed by atoms with Gasteiger partial charge in [-0.25, -0.2) is 14.7 Å². The molecule has 0 bridgehead atoms. The third-order valence-corrected chi connectivity index (χ3v) is 6.37. The first-order valence-electron chi connectivity index (χ1n) is 11.6. The normalized spacial score (nSPS) is 20.9. The van der Waals surface area contributed by atoms with Gasteiger partial charge in [-0.1, -0.05) is 0 Å². The number of carbonyl (C=O) groups excluding carboxylic acids is 1. The van der Waals surface area contributed by atoms with Gasteiger partial charge in [-0.3, -0.25) is 4.79 Å². The number of amides is 1. The second-order valence-electron chi connectivity index (χ2n) is 8.66. The number of anilines is 1. The van der Waals surface area contributed by atoms with Crippen molar-refractivity contribution >= 4 is 22.9 Å². The molecule has 10 nitrogen and oxygen atoms in total. The molecule has 34 heavy (non-hydrogen) atoms. The zero-order valence-corrected chi connectivity index (χ0v) is 20.1. The molecular formula is C23H33FN8O2. The zero-order chi connectivity index (χ0) is 24.4. The maximum absolute atomic E-state index is 14.7. The number of aromatic nitrogens is 3. The Balaban J connectivity index is 1.63. The number of methoxy groups -OCH3 is 1. The highest BCUT2D eigenvalue weighted by Crippen LogP contribution is 2.35. The number of nitrogens with two attached hydrogens (primary N) is 1. The van der Waals surface area contributed by atoms with Crippen LogP contribution in [-0.4, -0.2) is 76.4 Å². The predicted octanol–water partition coefficient (Wildman–Crippen LogP) is 1.91. The number of hydrogen-bond donors (Lipinski definition) is 3. The molecule has 2 atom stereocenters. The van der Waals surface area contributed by atoms with Crippen LogP contribution in [0.3, 0.4) is 0 Å². The van der Waals surface area contributed by atoms with Crippen LogP contribution in [-0.2, 0) is 4.79 Å². The van der Waals surface area contributed by atoms with Crippen LogP contribution in [0.1, 0.15) is 38.7 Å². The second kappa shape index (κ2) is 9.88. The van der Waals surface area contributed by atoms with Crippen LogP contribution in [0.5, 0.6) is 5.88 Å². The van der Waals surface area contributed by atoms with Gasteiger partial charge in [0.1, 0.15) is 11.7 Å². The number of hydrazine groups is 1. The number of carbonyl (C=O) groups is 1. The molecule has 2 aromatic heterocycles. The molecule has 3 heterocycles. The van der Waals surface area contributed by atoms with E-state index in [4.69, 9.17) is 10.6 Å². The molecule has 4 N–H and O–H groups in total. The molecule has 2 aromatic rings. The van der Waals surface area contributed by atoms with Crippen LogP contribution < -0.4 is 21.2 Å². The lowest BCUT2D eigenvalue weighted by molar-refractivity contribution is -0.131. The number of hydrogen-bond acceptors (Lipinski definition) is 8. The quantitative estimate of drug-likeness (QED) is 0.414. The van der Waals surface area contributed by atoms with E-state index in [0.717, 1.165) is 47.4 Å². The summed E-state index contributed by atoms with van der Waals surface area (Å²) in [4.78, 5) is 17.6. The maximum atomic E-state index is 14.7. The fourth-order valence-corrected chi connectivity index (χ4v) is 4.61. The van der Waals surface area contributed by atoms with Crippen molar-refractivity contribution in [2.24, 2.45) is 5.84 Å². The van der Waals surface area contributed by atoms with Gasteiger partial charge >= 0.3 is 0 Å². The highest BCUT2D eigenvalue weighted by Gasteiger charge is 2.31. The van der Waals surface area contributed by atoms with Crippen molar-refractivity contribution in [1.29, 1.82) is 0 Å². The number of piperidine rings is 1. The number of fused-ring (bicyclic) bond motifs is 1. The van der Waals surface area contributed by atoms with Crippen molar-refractivity contribution in [3.63, 3.8) is 0 Å². The van der Waals surface area contributed by atoms with Gasteiger partial charge in [0.05, 0.1) is 31.1 Å². The van der Waals surface area contributed by atoms with Crippen molar-refractivity contribution in [3.8, 4) is 5.88 Å². The SMILES string of the molecule is CCNC1=C(N(C)N)CCC(c2ccn3nc(N[C@H]4CCN(C(C)=O)C[C@H]4F)nc(OC)c23)=C1. The first-order chi connectivity index (χ1) is 16.3. The van der Waals surface area contributed by atoms with E-state index in [-0.39, 0.29) is 18.4 Å². The van der Waals surface area contributed by atoms with Crippen molar-refractivity contribution in [3.05, 3.63) is 35.3 Å². The molecule has 0 unspecified atom stereocenters. The molecule has 1 aliphatic heterocycles. The number of likely N-dealkylation sites (N-methyl/N-ethyl adjacent to an activating group) is 1. The minimum atomic E-state index is -1.21. The lowest BCUT2D eigenvalue weighted by Crippen LogP contribution is -2.49. The molecule has 0 saturated carbocycles. The summed E-state index contributed by atoms with van der Waals surface area (Å²) in [5.74, 6) is 6.60. The Morgan fingerprint density at radius 1 is 1.41 bits per heavy atom. The molecule has 0 aromatic carbocycles. The highest BCUT2D eigenvalue weighted by molar-refractivity contribution is 5.84. The molecule has 1 saturated heterocycles. The molecule has 1 fully saturated rings. The number of halogens is 1. The summed E-state index contributed by atoms with van der Waals surface area (Å²) in [6.07, 6.45) is 4.86. The standard InChI is InChI=1S/C23H33FN8O2/c1-5-26-19-12-15(6-7-20(19)30(3)25)16-8-11-32-21(16)22(34-4)28-23(29-32)27-18-9-10-31(14(2)33)13-17(18)24/h8,11-12,17-18,26H,5-7,9-10,13,25H2,1-4H3,(H,27,29)/t17-,18+/m1/s1. The topological polar surface area (TPSA) is 113 Å². The van der Waals surface area contributed by atoms with Crippen LogP contribution in [0.2, 0.25) is 0 Å². The van der Waals surface area contributed by atoms with E-state index < -0.39 is 12.2 Å². The maximum Gasteiger partial charge on any atom is 0.244 e. The molecule has 0 radical (unpaired) electrons.